The van der Waals surface area contributed by atoms with Crippen molar-refractivity contribution in [1.29, 1.82) is 0 Å². The van der Waals surface area contributed by atoms with Crippen LogP contribution in [0.2, 0.25) is 5.02 Å². The number of nitrogens with one attached hydrogen (secondary N) is 1. The van der Waals surface area contributed by atoms with Gasteiger partial charge in [-0.2, -0.15) is 4.31 Å². The zero-order valence-corrected chi connectivity index (χ0v) is 19.2. The van der Waals surface area contributed by atoms with Crippen molar-refractivity contribution in [3.63, 3.8) is 0 Å². The average molecular weight is 453 g/mol. The number of hydrogen-bond acceptors (Lipinski definition) is 4. The van der Waals surface area contributed by atoms with E-state index in [1.807, 2.05) is 44.2 Å². The molecule has 0 aliphatic carbocycles. The fraction of sp³-hybridized carbons (Fsp3) is 0.409. The molecule has 0 bridgehead atoms. The van der Waals surface area contributed by atoms with Crippen molar-refractivity contribution in [3.05, 3.63) is 59.1 Å². The molecule has 2 aromatic rings. The summed E-state index contributed by atoms with van der Waals surface area (Å²) in [7, 11) is -2.47. The van der Waals surface area contributed by atoms with Crippen LogP contribution in [0.4, 0.5) is 0 Å². The Balaban J connectivity index is 2.26. The van der Waals surface area contributed by atoms with Gasteiger partial charge in [0, 0.05) is 12.6 Å². The molecule has 2 rings (SSSR count). The lowest BCUT2D eigenvalue weighted by Crippen LogP contribution is -2.44. The maximum Gasteiger partial charge on any atom is 0.243 e. The van der Waals surface area contributed by atoms with Crippen LogP contribution in [-0.4, -0.2) is 44.9 Å². The van der Waals surface area contributed by atoms with Gasteiger partial charge in [-0.1, -0.05) is 55.3 Å². The number of benzene rings is 2. The number of nitrogens with zero attached hydrogens (tertiary/aromatic N) is 1. The van der Waals surface area contributed by atoms with E-state index in [-0.39, 0.29) is 35.0 Å². The minimum atomic E-state index is -3.93. The molecule has 1 amide bonds. The highest BCUT2D eigenvalue weighted by atomic mass is 35.5. The number of halogens is 1. The predicted molar refractivity (Wildman–Crippen MR) is 119 cm³/mol. The molecule has 0 aliphatic rings. The zero-order valence-electron chi connectivity index (χ0n) is 17.6. The van der Waals surface area contributed by atoms with Crippen molar-refractivity contribution in [2.75, 3.05) is 20.2 Å². The normalized spacial score (nSPS) is 12.6. The zero-order chi connectivity index (χ0) is 22.1. The summed E-state index contributed by atoms with van der Waals surface area (Å²) in [6.07, 6.45) is 2.25. The third kappa shape index (κ3) is 6.72. The first kappa shape index (κ1) is 24.2. The third-order valence-corrected chi connectivity index (χ3v) is 6.84. The van der Waals surface area contributed by atoms with Gasteiger partial charge in [0.2, 0.25) is 15.9 Å². The van der Waals surface area contributed by atoms with E-state index in [4.69, 9.17) is 16.3 Å². The first-order valence-corrected chi connectivity index (χ1v) is 11.8. The van der Waals surface area contributed by atoms with Crippen LogP contribution in [0, 0.1) is 0 Å². The molecule has 0 heterocycles. The van der Waals surface area contributed by atoms with Crippen LogP contribution in [0.25, 0.3) is 0 Å². The summed E-state index contributed by atoms with van der Waals surface area (Å²) < 4.78 is 32.9. The van der Waals surface area contributed by atoms with Crippen LogP contribution in [-0.2, 0) is 21.2 Å². The van der Waals surface area contributed by atoms with Crippen LogP contribution >= 0.6 is 11.6 Å². The number of amides is 1. The van der Waals surface area contributed by atoms with Gasteiger partial charge in [-0.15, -0.1) is 0 Å². The van der Waals surface area contributed by atoms with E-state index < -0.39 is 10.0 Å². The number of rotatable bonds is 11. The monoisotopic (exact) mass is 452 g/mol. The smallest absolute Gasteiger partial charge is 0.243 e. The summed E-state index contributed by atoms with van der Waals surface area (Å²) in [6, 6.07) is 13.8. The second-order valence-corrected chi connectivity index (χ2v) is 9.47. The summed E-state index contributed by atoms with van der Waals surface area (Å²) in [4.78, 5) is 12.6. The number of methoxy groups -OCH3 is 1. The lowest BCUT2D eigenvalue weighted by Gasteiger charge is -2.23. The molecule has 0 saturated heterocycles. The van der Waals surface area contributed by atoms with Gasteiger partial charge in [-0.05, 0) is 43.5 Å². The molecule has 0 spiro atoms. The fourth-order valence-corrected chi connectivity index (χ4v) is 4.87. The Kier molecular flexibility index (Phi) is 9.14. The van der Waals surface area contributed by atoms with Crippen molar-refractivity contribution in [1.82, 2.24) is 9.62 Å². The molecule has 0 fully saturated rings. The van der Waals surface area contributed by atoms with Crippen LogP contribution in [0.15, 0.2) is 53.4 Å². The van der Waals surface area contributed by atoms with Gasteiger partial charge in [0.1, 0.15) is 5.75 Å². The van der Waals surface area contributed by atoms with Crippen molar-refractivity contribution in [2.24, 2.45) is 0 Å². The maximum absolute atomic E-state index is 13.3. The van der Waals surface area contributed by atoms with Crippen molar-refractivity contribution < 1.29 is 17.9 Å². The van der Waals surface area contributed by atoms with E-state index in [1.165, 1.54) is 29.6 Å². The van der Waals surface area contributed by atoms with Gasteiger partial charge in [-0.25, -0.2) is 8.42 Å². The standard InChI is InChI=1S/C22H29ClN2O4S/c1-4-8-17(2)24-22(26)16-25(14-13-18-9-6-5-7-10-18)30(27,28)19-11-12-21(29-3)20(23)15-19/h5-7,9-12,15,17H,4,8,13-14,16H2,1-3H3,(H,24,26)/t17-/m1/s1. The second kappa shape index (κ2) is 11.3. The van der Waals surface area contributed by atoms with E-state index in [0.29, 0.717) is 12.2 Å². The van der Waals surface area contributed by atoms with Gasteiger partial charge < -0.3 is 10.1 Å². The number of hydrogen-bond donors (Lipinski definition) is 1. The van der Waals surface area contributed by atoms with Crippen LogP contribution in [0.1, 0.15) is 32.3 Å². The van der Waals surface area contributed by atoms with Gasteiger partial charge in [0.15, 0.2) is 0 Å². The highest BCUT2D eigenvalue weighted by Crippen LogP contribution is 2.28. The van der Waals surface area contributed by atoms with Gasteiger partial charge >= 0.3 is 0 Å². The largest absolute Gasteiger partial charge is 0.495 e. The van der Waals surface area contributed by atoms with Crippen LogP contribution in [0.5, 0.6) is 5.75 Å². The highest BCUT2D eigenvalue weighted by Gasteiger charge is 2.27. The molecular weight excluding hydrogens is 424 g/mol. The molecule has 8 heteroatoms. The Labute approximate surface area is 184 Å². The lowest BCUT2D eigenvalue weighted by molar-refractivity contribution is -0.121. The van der Waals surface area contributed by atoms with Crippen LogP contribution < -0.4 is 10.1 Å². The summed E-state index contributed by atoms with van der Waals surface area (Å²) in [6.45, 7) is 3.86. The van der Waals surface area contributed by atoms with Crippen molar-refractivity contribution >= 4 is 27.5 Å². The molecule has 6 nitrogen and oxygen atoms in total. The molecule has 0 aromatic heterocycles. The quantitative estimate of drug-likeness (QED) is 0.561. The van der Waals surface area contributed by atoms with Crippen molar-refractivity contribution in [2.45, 2.75) is 44.0 Å². The van der Waals surface area contributed by atoms with E-state index in [1.54, 1.807) is 0 Å². The molecule has 0 aliphatic heterocycles. The van der Waals surface area contributed by atoms with Gasteiger partial charge in [-0.3, -0.25) is 4.79 Å². The Hall–Kier alpha value is -2.09. The number of carbonyl (C=O) groups excluding carboxylic acids is 1. The second-order valence-electron chi connectivity index (χ2n) is 7.13. The average Bonchev–Trinajstić information content (AvgIpc) is 2.71. The first-order chi connectivity index (χ1) is 14.3. The number of sulfonamides is 1. The van der Waals surface area contributed by atoms with E-state index >= 15 is 0 Å². The molecule has 0 saturated carbocycles. The molecule has 164 valence electrons. The summed E-state index contributed by atoms with van der Waals surface area (Å²) in [5.41, 5.74) is 0.991. The van der Waals surface area contributed by atoms with Crippen molar-refractivity contribution in [3.8, 4) is 5.75 Å². The van der Waals surface area contributed by atoms with Gasteiger partial charge in [0.05, 0.1) is 23.6 Å². The summed E-state index contributed by atoms with van der Waals surface area (Å²) in [5, 5.41) is 3.07. The number of ether oxygens (including phenoxy) is 1. The Bertz CT molecular complexity index is 935. The molecule has 1 N–H and O–H groups in total. The molecule has 30 heavy (non-hydrogen) atoms. The Morgan fingerprint density at radius 3 is 2.50 bits per heavy atom. The highest BCUT2D eigenvalue weighted by molar-refractivity contribution is 7.89. The Morgan fingerprint density at radius 2 is 1.90 bits per heavy atom. The van der Waals surface area contributed by atoms with E-state index in [9.17, 15) is 13.2 Å². The summed E-state index contributed by atoms with van der Waals surface area (Å²) >= 11 is 6.14. The molecule has 0 radical (unpaired) electrons. The molecule has 1 atom stereocenters. The number of carbonyl (C=O) groups is 1. The first-order valence-electron chi connectivity index (χ1n) is 9.95. The molecular formula is C22H29ClN2O4S. The van der Waals surface area contributed by atoms with Crippen LogP contribution in [0.3, 0.4) is 0 Å². The van der Waals surface area contributed by atoms with Gasteiger partial charge in [0.25, 0.3) is 0 Å². The third-order valence-electron chi connectivity index (χ3n) is 4.70. The molecule has 2 aromatic carbocycles. The predicted octanol–water partition coefficient (Wildman–Crippen LogP) is 3.89. The fourth-order valence-electron chi connectivity index (χ4n) is 3.13. The minimum absolute atomic E-state index is 0.0170. The van der Waals surface area contributed by atoms with E-state index in [0.717, 1.165) is 18.4 Å². The van der Waals surface area contributed by atoms with E-state index in [2.05, 4.69) is 5.32 Å². The SMILES string of the molecule is CCC[C@@H](C)NC(=O)CN(CCc1ccccc1)S(=O)(=O)c1ccc(OC)c(Cl)c1. The minimum Gasteiger partial charge on any atom is -0.495 e. The topological polar surface area (TPSA) is 75.7 Å². The maximum atomic E-state index is 13.3. The molecule has 0 unspecified atom stereocenters. The lowest BCUT2D eigenvalue weighted by atomic mass is 10.1. The summed E-state index contributed by atoms with van der Waals surface area (Å²) in [5.74, 6) is 0.0600. The Morgan fingerprint density at radius 1 is 1.20 bits per heavy atom.